The summed E-state index contributed by atoms with van der Waals surface area (Å²) >= 11 is 0. The normalized spacial score (nSPS) is 12.9. The smallest absolute Gasteiger partial charge is 0.245 e. The van der Waals surface area contributed by atoms with Gasteiger partial charge in [-0.15, -0.1) is 0 Å². The highest BCUT2D eigenvalue weighted by Gasteiger charge is 2.06. The van der Waals surface area contributed by atoms with Crippen LogP contribution in [0, 0.1) is 0 Å². The van der Waals surface area contributed by atoms with Crippen LogP contribution < -0.4 is 5.32 Å². The summed E-state index contributed by atoms with van der Waals surface area (Å²) in [7, 11) is 0. The number of hydrogen-bond acceptors (Lipinski definition) is 2. The van der Waals surface area contributed by atoms with E-state index in [1.807, 2.05) is 49.4 Å². The Morgan fingerprint density at radius 1 is 1.32 bits per heavy atom. The van der Waals surface area contributed by atoms with Gasteiger partial charge in [-0.2, -0.15) is 0 Å². The number of allylic oxidation sites excluding steroid dienone is 3. The van der Waals surface area contributed by atoms with Crippen LogP contribution in [0.4, 0.5) is 0 Å². The van der Waals surface area contributed by atoms with Crippen molar-refractivity contribution < 1.29 is 9.90 Å². The lowest BCUT2D eigenvalue weighted by Crippen LogP contribution is -2.33. The van der Waals surface area contributed by atoms with Crippen LogP contribution in [0.25, 0.3) is 0 Å². The van der Waals surface area contributed by atoms with Gasteiger partial charge in [-0.3, -0.25) is 4.79 Å². The molecule has 1 unspecified atom stereocenters. The largest absolute Gasteiger partial charge is 0.374 e. The molecule has 19 heavy (non-hydrogen) atoms. The van der Waals surface area contributed by atoms with E-state index in [-0.39, 0.29) is 5.91 Å². The number of nitrogens with one attached hydrogen (secondary N) is 1. The standard InChI is InChI=1S/C16H21NO2/c1-2-3-4-8-11-15(18)17-16(19)13-12-14-9-6-5-7-10-14/h3-11,16,19H,2,12-13H2,1H3,(H,17,18)/b4-3-,11-8-. The summed E-state index contributed by atoms with van der Waals surface area (Å²) in [5.41, 5.74) is 1.15. The maximum Gasteiger partial charge on any atom is 0.245 e. The lowest BCUT2D eigenvalue weighted by molar-refractivity contribution is -0.119. The number of hydrogen-bond donors (Lipinski definition) is 2. The van der Waals surface area contributed by atoms with E-state index in [2.05, 4.69) is 5.32 Å². The molecule has 0 fully saturated rings. The second kappa shape index (κ2) is 9.11. The Kier molecular flexibility index (Phi) is 7.28. The van der Waals surface area contributed by atoms with Gasteiger partial charge in [-0.1, -0.05) is 55.5 Å². The van der Waals surface area contributed by atoms with Crippen molar-refractivity contribution >= 4 is 5.91 Å². The molecule has 0 saturated carbocycles. The molecule has 0 radical (unpaired) electrons. The number of carbonyl (C=O) groups excluding carboxylic acids is 1. The van der Waals surface area contributed by atoms with Gasteiger partial charge in [0.25, 0.3) is 0 Å². The van der Waals surface area contributed by atoms with E-state index >= 15 is 0 Å². The van der Waals surface area contributed by atoms with Crippen molar-refractivity contribution in [2.24, 2.45) is 0 Å². The summed E-state index contributed by atoms with van der Waals surface area (Å²) in [4.78, 5) is 11.4. The lowest BCUT2D eigenvalue weighted by Gasteiger charge is -2.11. The Balaban J connectivity index is 2.27. The van der Waals surface area contributed by atoms with Crippen molar-refractivity contribution in [3.63, 3.8) is 0 Å². The molecule has 102 valence electrons. The molecule has 3 nitrogen and oxygen atoms in total. The fourth-order valence-electron chi connectivity index (χ4n) is 1.59. The van der Waals surface area contributed by atoms with Crippen LogP contribution in [-0.2, 0) is 11.2 Å². The summed E-state index contributed by atoms with van der Waals surface area (Å²) in [6.07, 6.45) is 8.22. The maximum atomic E-state index is 11.4. The molecule has 1 rings (SSSR count). The first kappa shape index (κ1) is 15.2. The average Bonchev–Trinajstić information content (AvgIpc) is 2.42. The van der Waals surface area contributed by atoms with Crippen molar-refractivity contribution in [2.45, 2.75) is 32.4 Å². The number of carbonyl (C=O) groups is 1. The molecule has 2 N–H and O–H groups in total. The Bertz CT molecular complexity index is 424. The predicted octanol–water partition coefficient (Wildman–Crippen LogP) is 2.58. The van der Waals surface area contributed by atoms with Crippen molar-refractivity contribution in [1.82, 2.24) is 5.32 Å². The summed E-state index contributed by atoms with van der Waals surface area (Å²) < 4.78 is 0. The second-order valence-electron chi connectivity index (χ2n) is 4.24. The second-order valence-corrected chi connectivity index (χ2v) is 4.24. The molecule has 0 spiro atoms. The first-order valence-corrected chi connectivity index (χ1v) is 6.58. The van der Waals surface area contributed by atoms with Crippen LogP contribution in [-0.4, -0.2) is 17.2 Å². The van der Waals surface area contributed by atoms with Gasteiger partial charge in [0.1, 0.15) is 6.23 Å². The third kappa shape index (κ3) is 7.21. The molecule has 0 aromatic heterocycles. The van der Waals surface area contributed by atoms with Crippen LogP contribution in [0.1, 0.15) is 25.3 Å². The molecule has 0 bridgehead atoms. The zero-order chi connectivity index (χ0) is 13.9. The molecule has 1 amide bonds. The van der Waals surface area contributed by atoms with Crippen LogP contribution in [0.3, 0.4) is 0 Å². The van der Waals surface area contributed by atoms with Gasteiger partial charge in [0.05, 0.1) is 0 Å². The van der Waals surface area contributed by atoms with Gasteiger partial charge in [-0.25, -0.2) is 0 Å². The van der Waals surface area contributed by atoms with Crippen LogP contribution in [0.15, 0.2) is 54.6 Å². The lowest BCUT2D eigenvalue weighted by atomic mass is 10.1. The van der Waals surface area contributed by atoms with E-state index in [9.17, 15) is 9.90 Å². The quantitative estimate of drug-likeness (QED) is 0.449. The molecule has 0 aliphatic rings. The van der Waals surface area contributed by atoms with Crippen molar-refractivity contribution in [1.29, 1.82) is 0 Å². The van der Waals surface area contributed by atoms with E-state index in [1.165, 1.54) is 6.08 Å². The minimum Gasteiger partial charge on any atom is -0.374 e. The Morgan fingerprint density at radius 3 is 2.74 bits per heavy atom. The van der Waals surface area contributed by atoms with Gasteiger partial charge in [0.15, 0.2) is 0 Å². The first-order chi connectivity index (χ1) is 9.22. The Labute approximate surface area is 114 Å². The van der Waals surface area contributed by atoms with Crippen molar-refractivity contribution in [3.05, 3.63) is 60.2 Å². The number of aryl methyl sites for hydroxylation is 1. The highest BCUT2D eigenvalue weighted by Crippen LogP contribution is 2.03. The van der Waals surface area contributed by atoms with Crippen LogP contribution >= 0.6 is 0 Å². The SMILES string of the molecule is CC/C=C\C=C/C(=O)NC(O)CCc1ccccc1. The molecule has 1 aromatic carbocycles. The minimum atomic E-state index is -0.812. The highest BCUT2D eigenvalue weighted by molar-refractivity contribution is 5.87. The molecular weight excluding hydrogens is 238 g/mol. The molecular formula is C16H21NO2. The summed E-state index contributed by atoms with van der Waals surface area (Å²) in [6.45, 7) is 2.03. The van der Waals surface area contributed by atoms with E-state index in [4.69, 9.17) is 0 Å². The summed E-state index contributed by atoms with van der Waals surface area (Å²) in [5, 5.41) is 12.2. The molecule has 0 aliphatic heterocycles. The van der Waals surface area contributed by atoms with E-state index in [0.29, 0.717) is 6.42 Å². The third-order valence-electron chi connectivity index (χ3n) is 2.59. The zero-order valence-electron chi connectivity index (χ0n) is 11.3. The van der Waals surface area contributed by atoms with E-state index < -0.39 is 6.23 Å². The number of amides is 1. The minimum absolute atomic E-state index is 0.277. The number of aliphatic hydroxyl groups is 1. The molecule has 0 saturated heterocycles. The topological polar surface area (TPSA) is 49.3 Å². The third-order valence-corrected chi connectivity index (χ3v) is 2.59. The zero-order valence-corrected chi connectivity index (χ0v) is 11.3. The fourth-order valence-corrected chi connectivity index (χ4v) is 1.59. The van der Waals surface area contributed by atoms with Gasteiger partial charge < -0.3 is 10.4 Å². The van der Waals surface area contributed by atoms with E-state index in [1.54, 1.807) is 6.08 Å². The molecule has 0 aliphatic carbocycles. The van der Waals surface area contributed by atoms with Crippen LogP contribution in [0.5, 0.6) is 0 Å². The van der Waals surface area contributed by atoms with Gasteiger partial charge in [0, 0.05) is 6.08 Å². The van der Waals surface area contributed by atoms with Crippen molar-refractivity contribution in [3.8, 4) is 0 Å². The molecule has 0 heterocycles. The summed E-state index contributed by atoms with van der Waals surface area (Å²) in [6, 6.07) is 9.89. The summed E-state index contributed by atoms with van der Waals surface area (Å²) in [5.74, 6) is -0.277. The molecule has 1 atom stereocenters. The highest BCUT2D eigenvalue weighted by atomic mass is 16.3. The Hall–Kier alpha value is -1.87. The van der Waals surface area contributed by atoms with Gasteiger partial charge in [-0.05, 0) is 24.8 Å². The molecule has 3 heteroatoms. The average molecular weight is 259 g/mol. The number of aliphatic hydroxyl groups excluding tert-OH is 1. The maximum absolute atomic E-state index is 11.4. The Morgan fingerprint density at radius 2 is 2.05 bits per heavy atom. The van der Waals surface area contributed by atoms with E-state index in [0.717, 1.165) is 18.4 Å². The molecule has 1 aromatic rings. The predicted molar refractivity (Wildman–Crippen MR) is 77.5 cm³/mol. The monoisotopic (exact) mass is 259 g/mol. The van der Waals surface area contributed by atoms with Crippen molar-refractivity contribution in [2.75, 3.05) is 0 Å². The number of rotatable bonds is 7. The fraction of sp³-hybridized carbons (Fsp3) is 0.312. The van der Waals surface area contributed by atoms with Gasteiger partial charge in [0.2, 0.25) is 5.91 Å². The van der Waals surface area contributed by atoms with Gasteiger partial charge >= 0.3 is 0 Å². The number of benzene rings is 1. The van der Waals surface area contributed by atoms with Crippen LogP contribution in [0.2, 0.25) is 0 Å². The first-order valence-electron chi connectivity index (χ1n) is 6.58.